The first-order chi connectivity index (χ1) is 12.7. The summed E-state index contributed by atoms with van der Waals surface area (Å²) in [6.45, 7) is 2.98. The molecule has 0 aliphatic rings. The van der Waals surface area contributed by atoms with Crippen molar-refractivity contribution in [3.63, 3.8) is 0 Å². The van der Waals surface area contributed by atoms with Crippen molar-refractivity contribution in [3.05, 3.63) is 71.3 Å². The average Bonchev–Trinajstić information content (AvgIpc) is 2.94. The van der Waals surface area contributed by atoms with Crippen LogP contribution in [0, 0.1) is 11.3 Å². The van der Waals surface area contributed by atoms with Crippen LogP contribution in [0.2, 0.25) is 0 Å². The predicted octanol–water partition coefficient (Wildman–Crippen LogP) is 3.48. The summed E-state index contributed by atoms with van der Waals surface area (Å²) in [6.07, 6.45) is 1.51. The highest BCUT2D eigenvalue weighted by Crippen LogP contribution is 2.34. The lowest BCUT2D eigenvalue weighted by Crippen LogP contribution is -2.12. The molecule has 0 aliphatic heterocycles. The average molecular weight is 345 g/mol. The van der Waals surface area contributed by atoms with E-state index in [2.05, 4.69) is 4.57 Å². The summed E-state index contributed by atoms with van der Waals surface area (Å²) in [6, 6.07) is 19.7. The lowest BCUT2D eigenvalue weighted by molar-refractivity contribution is -0.114. The third-order valence-corrected chi connectivity index (χ3v) is 4.10. The van der Waals surface area contributed by atoms with Crippen molar-refractivity contribution in [1.29, 1.82) is 5.26 Å². The van der Waals surface area contributed by atoms with Gasteiger partial charge in [0.25, 0.3) is 5.91 Å². The summed E-state index contributed by atoms with van der Waals surface area (Å²) < 4.78 is 7.96. The third-order valence-electron chi connectivity index (χ3n) is 4.10. The van der Waals surface area contributed by atoms with Crippen molar-refractivity contribution in [2.45, 2.75) is 13.5 Å². The van der Waals surface area contributed by atoms with E-state index in [1.807, 2.05) is 67.6 Å². The molecule has 3 aromatic rings. The number of hydrogen-bond acceptors (Lipinski definition) is 3. The molecule has 0 saturated heterocycles. The van der Waals surface area contributed by atoms with E-state index in [9.17, 15) is 10.1 Å². The number of nitriles is 1. The molecular weight excluding hydrogens is 326 g/mol. The van der Waals surface area contributed by atoms with Crippen LogP contribution in [0.15, 0.2) is 60.2 Å². The fourth-order valence-corrected chi connectivity index (χ4v) is 2.96. The van der Waals surface area contributed by atoms with Gasteiger partial charge in [-0.05, 0) is 24.6 Å². The van der Waals surface area contributed by atoms with Gasteiger partial charge >= 0.3 is 0 Å². The van der Waals surface area contributed by atoms with Crippen molar-refractivity contribution >= 4 is 22.9 Å². The fraction of sp³-hybridized carbons (Fsp3) is 0.143. The number of aromatic nitrogens is 1. The largest absolute Gasteiger partial charge is 0.479 e. The van der Waals surface area contributed by atoms with Gasteiger partial charge in [-0.2, -0.15) is 5.26 Å². The summed E-state index contributed by atoms with van der Waals surface area (Å²) in [5, 5.41) is 10.1. The summed E-state index contributed by atoms with van der Waals surface area (Å²) in [4.78, 5) is 11.5. The monoisotopic (exact) mass is 345 g/mol. The summed E-state index contributed by atoms with van der Waals surface area (Å²) in [5.74, 6) is -0.138. The van der Waals surface area contributed by atoms with Crippen LogP contribution in [0.3, 0.4) is 0 Å². The maximum Gasteiger partial charge on any atom is 0.259 e. The summed E-state index contributed by atoms with van der Waals surface area (Å²) in [5.41, 5.74) is 7.99. The Hall–Kier alpha value is -3.52. The summed E-state index contributed by atoms with van der Waals surface area (Å²) >= 11 is 0. The van der Waals surface area contributed by atoms with Gasteiger partial charge in [0.15, 0.2) is 0 Å². The first-order valence-electron chi connectivity index (χ1n) is 8.35. The van der Waals surface area contributed by atoms with E-state index in [1.54, 1.807) is 0 Å². The number of primary amides is 1. The quantitative estimate of drug-likeness (QED) is 0.548. The van der Waals surface area contributed by atoms with Crippen LogP contribution in [0.5, 0.6) is 5.88 Å². The van der Waals surface area contributed by atoms with E-state index in [0.717, 1.165) is 16.5 Å². The zero-order chi connectivity index (χ0) is 18.5. The maximum absolute atomic E-state index is 11.5. The van der Waals surface area contributed by atoms with Crippen LogP contribution in [0.25, 0.3) is 17.0 Å². The SMILES string of the molecule is CCOc1c(/C=C(\C#N)C(N)=O)c2ccccc2n1Cc1ccccc1. The third kappa shape index (κ3) is 3.31. The number of nitrogens with two attached hydrogens (primary N) is 1. The Bertz CT molecular complexity index is 1010. The number of carbonyl (C=O) groups excluding carboxylic acids is 1. The second kappa shape index (κ2) is 7.58. The van der Waals surface area contributed by atoms with Crippen LogP contribution in [0.1, 0.15) is 18.1 Å². The minimum Gasteiger partial charge on any atom is -0.479 e. The molecule has 1 aromatic heterocycles. The normalized spacial score (nSPS) is 11.3. The van der Waals surface area contributed by atoms with Crippen molar-refractivity contribution in [2.75, 3.05) is 6.61 Å². The molecule has 0 bridgehead atoms. The topological polar surface area (TPSA) is 81.0 Å². The highest BCUT2D eigenvalue weighted by Gasteiger charge is 2.18. The van der Waals surface area contributed by atoms with Gasteiger partial charge in [0.1, 0.15) is 11.6 Å². The predicted molar refractivity (Wildman–Crippen MR) is 101 cm³/mol. The molecule has 5 heteroatoms. The molecule has 0 unspecified atom stereocenters. The van der Waals surface area contributed by atoms with E-state index >= 15 is 0 Å². The Morgan fingerprint density at radius 2 is 1.88 bits per heavy atom. The highest BCUT2D eigenvalue weighted by molar-refractivity contribution is 6.04. The van der Waals surface area contributed by atoms with Crippen LogP contribution >= 0.6 is 0 Å². The smallest absolute Gasteiger partial charge is 0.259 e. The first kappa shape index (κ1) is 17.3. The number of hydrogen-bond donors (Lipinski definition) is 1. The molecule has 5 nitrogen and oxygen atoms in total. The van der Waals surface area contributed by atoms with Crippen molar-refractivity contribution in [2.24, 2.45) is 5.73 Å². The van der Waals surface area contributed by atoms with Gasteiger partial charge in [-0.25, -0.2) is 0 Å². The molecule has 2 N–H and O–H groups in total. The first-order valence-corrected chi connectivity index (χ1v) is 8.35. The molecule has 1 heterocycles. The number of benzene rings is 2. The van der Waals surface area contributed by atoms with Crippen LogP contribution in [0.4, 0.5) is 0 Å². The van der Waals surface area contributed by atoms with Crippen LogP contribution < -0.4 is 10.5 Å². The molecule has 2 aromatic carbocycles. The standard InChI is InChI=1S/C21H19N3O2/c1-2-26-21-18(12-16(13-22)20(23)25)17-10-6-7-11-19(17)24(21)14-15-8-4-3-5-9-15/h3-12H,2,14H2,1H3,(H2,23,25)/b16-12+. The van der Waals surface area contributed by atoms with E-state index in [0.29, 0.717) is 24.6 Å². The Labute approximate surface area is 151 Å². The Balaban J connectivity index is 2.26. The Morgan fingerprint density at radius 3 is 2.54 bits per heavy atom. The number of carbonyl (C=O) groups is 1. The van der Waals surface area contributed by atoms with Gasteiger partial charge in [-0.3, -0.25) is 4.79 Å². The number of rotatable bonds is 6. The zero-order valence-electron chi connectivity index (χ0n) is 14.5. The van der Waals surface area contributed by atoms with Gasteiger partial charge < -0.3 is 15.0 Å². The molecule has 0 saturated carbocycles. The Kier molecular flexibility index (Phi) is 5.04. The lowest BCUT2D eigenvalue weighted by atomic mass is 10.1. The number of amides is 1. The molecule has 0 spiro atoms. The molecule has 130 valence electrons. The minimum atomic E-state index is -0.755. The van der Waals surface area contributed by atoms with E-state index in [-0.39, 0.29) is 5.57 Å². The molecular formula is C21H19N3O2. The van der Waals surface area contributed by atoms with Gasteiger partial charge in [-0.15, -0.1) is 0 Å². The molecule has 0 atom stereocenters. The molecule has 3 rings (SSSR count). The van der Waals surface area contributed by atoms with Crippen LogP contribution in [-0.4, -0.2) is 17.1 Å². The lowest BCUT2D eigenvalue weighted by Gasteiger charge is -2.12. The fourth-order valence-electron chi connectivity index (χ4n) is 2.96. The highest BCUT2D eigenvalue weighted by atomic mass is 16.5. The van der Waals surface area contributed by atoms with Gasteiger partial charge in [0, 0.05) is 10.9 Å². The Morgan fingerprint density at radius 1 is 1.19 bits per heavy atom. The molecule has 0 aliphatic carbocycles. The van der Waals surface area contributed by atoms with Crippen molar-refractivity contribution in [1.82, 2.24) is 4.57 Å². The van der Waals surface area contributed by atoms with E-state index < -0.39 is 5.91 Å². The minimum absolute atomic E-state index is 0.103. The van der Waals surface area contributed by atoms with E-state index in [4.69, 9.17) is 10.5 Å². The van der Waals surface area contributed by atoms with Crippen LogP contribution in [-0.2, 0) is 11.3 Å². The van der Waals surface area contributed by atoms with E-state index in [1.165, 1.54) is 6.08 Å². The maximum atomic E-state index is 11.5. The van der Waals surface area contributed by atoms with Gasteiger partial charge in [-0.1, -0.05) is 48.5 Å². The molecule has 26 heavy (non-hydrogen) atoms. The van der Waals surface area contributed by atoms with Crippen molar-refractivity contribution < 1.29 is 9.53 Å². The second-order valence-corrected chi connectivity index (χ2v) is 5.77. The molecule has 0 fully saturated rings. The molecule has 0 radical (unpaired) electrons. The van der Waals surface area contributed by atoms with Crippen molar-refractivity contribution in [3.8, 4) is 11.9 Å². The molecule has 1 amide bonds. The number of fused-ring (bicyclic) bond motifs is 1. The number of para-hydroxylation sites is 1. The number of nitrogens with zero attached hydrogens (tertiary/aromatic N) is 2. The van der Waals surface area contributed by atoms with Gasteiger partial charge in [0.05, 0.1) is 18.7 Å². The zero-order valence-corrected chi connectivity index (χ0v) is 14.5. The van der Waals surface area contributed by atoms with Gasteiger partial charge in [0.2, 0.25) is 5.88 Å². The number of ether oxygens (including phenoxy) is 1. The summed E-state index contributed by atoms with van der Waals surface area (Å²) in [7, 11) is 0. The second-order valence-electron chi connectivity index (χ2n) is 5.77.